The largest absolute Gasteiger partial charge is 0.497 e. The number of guanidine groups is 1. The van der Waals surface area contributed by atoms with Crippen LogP contribution < -0.4 is 20.7 Å². The molecule has 0 radical (unpaired) electrons. The van der Waals surface area contributed by atoms with Crippen molar-refractivity contribution in [1.29, 1.82) is 0 Å². The van der Waals surface area contributed by atoms with E-state index in [9.17, 15) is 9.18 Å². The lowest BCUT2D eigenvalue weighted by Crippen LogP contribution is -2.43. The Bertz CT molecular complexity index is 746. The van der Waals surface area contributed by atoms with Gasteiger partial charge in [-0.15, -0.1) is 0 Å². The fourth-order valence-corrected chi connectivity index (χ4v) is 2.27. The van der Waals surface area contributed by atoms with Crippen LogP contribution >= 0.6 is 0 Å². The van der Waals surface area contributed by atoms with Gasteiger partial charge in [-0.3, -0.25) is 4.79 Å². The Labute approximate surface area is 158 Å². The molecule has 0 fully saturated rings. The highest BCUT2D eigenvalue weighted by Gasteiger charge is 2.04. The summed E-state index contributed by atoms with van der Waals surface area (Å²) in [6.07, 6.45) is 0. The zero-order valence-corrected chi connectivity index (χ0v) is 15.6. The number of rotatable bonds is 8. The van der Waals surface area contributed by atoms with E-state index in [-0.39, 0.29) is 18.3 Å². The number of amides is 1. The van der Waals surface area contributed by atoms with E-state index in [1.807, 2.05) is 31.2 Å². The molecule has 2 aromatic rings. The first-order valence-electron chi connectivity index (χ1n) is 8.77. The Morgan fingerprint density at radius 2 is 1.67 bits per heavy atom. The minimum Gasteiger partial charge on any atom is -0.497 e. The van der Waals surface area contributed by atoms with Gasteiger partial charge in [-0.1, -0.05) is 24.3 Å². The molecule has 0 saturated heterocycles. The minimum absolute atomic E-state index is 0.103. The van der Waals surface area contributed by atoms with Gasteiger partial charge in [0, 0.05) is 13.1 Å². The van der Waals surface area contributed by atoms with Crippen LogP contribution in [-0.2, 0) is 17.9 Å². The molecule has 1 amide bonds. The summed E-state index contributed by atoms with van der Waals surface area (Å²) in [6.45, 7) is 3.55. The maximum atomic E-state index is 12.9. The number of methoxy groups -OCH3 is 1. The summed E-state index contributed by atoms with van der Waals surface area (Å²) in [4.78, 5) is 16.4. The molecule has 0 bridgehead atoms. The van der Waals surface area contributed by atoms with Crippen LogP contribution in [0.3, 0.4) is 0 Å². The molecule has 27 heavy (non-hydrogen) atoms. The first-order chi connectivity index (χ1) is 13.1. The molecule has 0 aliphatic heterocycles. The summed E-state index contributed by atoms with van der Waals surface area (Å²) in [5, 5.41) is 8.91. The molecular weight excluding hydrogens is 347 g/mol. The Morgan fingerprint density at radius 1 is 1.00 bits per heavy atom. The molecule has 3 N–H and O–H groups in total. The number of aliphatic imine (C=N–C) groups is 1. The van der Waals surface area contributed by atoms with Gasteiger partial charge in [0.25, 0.3) is 0 Å². The van der Waals surface area contributed by atoms with Gasteiger partial charge in [-0.2, -0.15) is 0 Å². The lowest BCUT2D eigenvalue weighted by molar-refractivity contribution is -0.120. The van der Waals surface area contributed by atoms with Crippen molar-refractivity contribution in [2.45, 2.75) is 20.0 Å². The van der Waals surface area contributed by atoms with Crippen molar-refractivity contribution in [3.05, 3.63) is 65.5 Å². The molecule has 0 aliphatic carbocycles. The van der Waals surface area contributed by atoms with Crippen molar-refractivity contribution in [3.63, 3.8) is 0 Å². The molecule has 144 valence electrons. The molecule has 6 nitrogen and oxygen atoms in total. The Morgan fingerprint density at radius 3 is 2.30 bits per heavy atom. The molecule has 0 spiro atoms. The van der Waals surface area contributed by atoms with Gasteiger partial charge in [-0.25, -0.2) is 9.38 Å². The van der Waals surface area contributed by atoms with Crippen LogP contribution in [0.25, 0.3) is 0 Å². The van der Waals surface area contributed by atoms with Crippen LogP contribution in [0.2, 0.25) is 0 Å². The van der Waals surface area contributed by atoms with Gasteiger partial charge in [-0.05, 0) is 42.3 Å². The third kappa shape index (κ3) is 7.35. The number of carbonyl (C=O) groups is 1. The lowest BCUT2D eigenvalue weighted by Gasteiger charge is -2.12. The van der Waals surface area contributed by atoms with Crippen molar-refractivity contribution in [2.75, 3.05) is 20.2 Å². The first kappa shape index (κ1) is 20.2. The van der Waals surface area contributed by atoms with Crippen molar-refractivity contribution in [1.82, 2.24) is 16.0 Å². The van der Waals surface area contributed by atoms with Gasteiger partial charge >= 0.3 is 0 Å². The fraction of sp³-hybridized carbons (Fsp3) is 0.300. The average molecular weight is 372 g/mol. The molecule has 0 saturated carbocycles. The second kappa shape index (κ2) is 10.8. The van der Waals surface area contributed by atoms with Crippen molar-refractivity contribution in [2.24, 2.45) is 4.99 Å². The molecule has 0 aliphatic rings. The lowest BCUT2D eigenvalue weighted by atomic mass is 10.2. The molecule has 0 atom stereocenters. The summed E-state index contributed by atoms with van der Waals surface area (Å²) >= 11 is 0. The molecule has 0 unspecified atom stereocenters. The van der Waals surface area contributed by atoms with E-state index in [4.69, 9.17) is 4.74 Å². The molecule has 2 rings (SSSR count). The normalized spacial score (nSPS) is 11.0. The molecule has 7 heteroatoms. The number of ether oxygens (including phenoxy) is 1. The van der Waals surface area contributed by atoms with Crippen LogP contribution in [0.15, 0.2) is 53.5 Å². The van der Waals surface area contributed by atoms with Gasteiger partial charge < -0.3 is 20.7 Å². The molecule has 2 aromatic carbocycles. The van der Waals surface area contributed by atoms with E-state index in [1.165, 1.54) is 12.1 Å². The van der Waals surface area contributed by atoms with Crippen LogP contribution in [0.5, 0.6) is 5.75 Å². The number of carbonyl (C=O) groups excluding carboxylic acids is 1. The Hall–Kier alpha value is -3.09. The van der Waals surface area contributed by atoms with Crippen molar-refractivity contribution in [3.8, 4) is 5.75 Å². The third-order valence-electron chi connectivity index (χ3n) is 3.74. The highest BCUT2D eigenvalue weighted by molar-refractivity contribution is 5.86. The summed E-state index contributed by atoms with van der Waals surface area (Å²) in [7, 11) is 1.61. The quantitative estimate of drug-likeness (QED) is 0.491. The maximum absolute atomic E-state index is 12.9. The van der Waals surface area contributed by atoms with E-state index in [1.54, 1.807) is 19.2 Å². The molecular formula is C20H25FN4O2. The SMILES string of the molecule is CCNC(=NCc1ccc(F)cc1)NCC(=O)NCc1ccc(OC)cc1. The second-order valence-corrected chi connectivity index (χ2v) is 5.80. The van der Waals surface area contributed by atoms with E-state index in [2.05, 4.69) is 20.9 Å². The highest BCUT2D eigenvalue weighted by atomic mass is 19.1. The minimum atomic E-state index is -0.277. The summed E-state index contributed by atoms with van der Waals surface area (Å²) in [5.41, 5.74) is 1.87. The second-order valence-electron chi connectivity index (χ2n) is 5.80. The standard InChI is InChI=1S/C20H25FN4O2/c1-3-22-20(24-13-15-4-8-17(21)9-5-15)25-14-19(26)23-12-16-6-10-18(27-2)11-7-16/h4-11H,3,12-14H2,1-2H3,(H,23,26)(H2,22,24,25). The number of hydrogen-bond donors (Lipinski definition) is 3. The van der Waals surface area contributed by atoms with Gasteiger partial charge in [0.05, 0.1) is 20.2 Å². The highest BCUT2D eigenvalue weighted by Crippen LogP contribution is 2.10. The van der Waals surface area contributed by atoms with E-state index in [0.29, 0.717) is 25.6 Å². The summed E-state index contributed by atoms with van der Waals surface area (Å²) in [6, 6.07) is 13.7. The summed E-state index contributed by atoms with van der Waals surface area (Å²) < 4.78 is 18.0. The smallest absolute Gasteiger partial charge is 0.239 e. The number of benzene rings is 2. The predicted molar refractivity (Wildman–Crippen MR) is 104 cm³/mol. The summed E-state index contributed by atoms with van der Waals surface area (Å²) in [5.74, 6) is 0.889. The zero-order valence-electron chi connectivity index (χ0n) is 15.6. The molecule has 0 aromatic heterocycles. The molecule has 0 heterocycles. The number of hydrogen-bond acceptors (Lipinski definition) is 3. The van der Waals surface area contributed by atoms with Gasteiger partial charge in [0.2, 0.25) is 5.91 Å². The van der Waals surface area contributed by atoms with Crippen molar-refractivity contribution < 1.29 is 13.9 Å². The van der Waals surface area contributed by atoms with Crippen LogP contribution in [0, 0.1) is 5.82 Å². The van der Waals surface area contributed by atoms with Crippen LogP contribution in [0.1, 0.15) is 18.1 Å². The number of halogens is 1. The van der Waals surface area contributed by atoms with E-state index in [0.717, 1.165) is 16.9 Å². The first-order valence-corrected chi connectivity index (χ1v) is 8.77. The number of nitrogens with zero attached hydrogens (tertiary/aromatic N) is 1. The predicted octanol–water partition coefficient (Wildman–Crippen LogP) is 2.21. The van der Waals surface area contributed by atoms with Crippen LogP contribution in [-0.4, -0.2) is 32.1 Å². The van der Waals surface area contributed by atoms with Crippen LogP contribution in [0.4, 0.5) is 4.39 Å². The topological polar surface area (TPSA) is 74.8 Å². The van der Waals surface area contributed by atoms with E-state index >= 15 is 0 Å². The van der Waals surface area contributed by atoms with Gasteiger partial charge in [0.15, 0.2) is 5.96 Å². The Balaban J connectivity index is 1.80. The zero-order chi connectivity index (χ0) is 19.5. The third-order valence-corrected chi connectivity index (χ3v) is 3.74. The number of nitrogens with one attached hydrogen (secondary N) is 3. The Kier molecular flexibility index (Phi) is 8.09. The maximum Gasteiger partial charge on any atom is 0.239 e. The average Bonchev–Trinajstić information content (AvgIpc) is 2.70. The monoisotopic (exact) mass is 372 g/mol. The van der Waals surface area contributed by atoms with Crippen molar-refractivity contribution >= 4 is 11.9 Å². The fourth-order valence-electron chi connectivity index (χ4n) is 2.27. The van der Waals surface area contributed by atoms with E-state index < -0.39 is 0 Å². The van der Waals surface area contributed by atoms with Gasteiger partial charge in [0.1, 0.15) is 11.6 Å².